The summed E-state index contributed by atoms with van der Waals surface area (Å²) in [5, 5.41) is 0. The van der Waals surface area contributed by atoms with Crippen LogP contribution in [-0.2, 0) is 0 Å². The number of hydrogen-bond acceptors (Lipinski definition) is 3. The van der Waals surface area contributed by atoms with Crippen molar-refractivity contribution in [3.05, 3.63) is 23.8 Å². The first-order valence-corrected chi connectivity index (χ1v) is 11.7. The highest BCUT2D eigenvalue weighted by Crippen LogP contribution is 2.47. The predicted molar refractivity (Wildman–Crippen MR) is 116 cm³/mol. The summed E-state index contributed by atoms with van der Waals surface area (Å²) in [6.45, 7) is 0. The maximum absolute atomic E-state index is 6.35. The van der Waals surface area contributed by atoms with Crippen molar-refractivity contribution in [3.63, 3.8) is 0 Å². The molecule has 0 spiro atoms. The molecule has 2 atom stereocenters. The Morgan fingerprint density at radius 2 is 1.22 bits per heavy atom. The summed E-state index contributed by atoms with van der Waals surface area (Å²) in [6.07, 6.45) is 19.8. The molecule has 3 heteroatoms. The molecule has 4 rings (SSSR count). The number of hydrogen-bond donors (Lipinski definition) is 2. The standard InChI is InChI=1S/C24H39N3/c25-23-13-9-12-22(24(23)26)18-16-20-14-15-21(17-18)27(20)19-10-7-5-3-1-2-4-6-8-11-19/h9,12-13,18-21H,1-8,10-11,14-17,25-26H2. The largest absolute Gasteiger partial charge is 0.397 e. The van der Waals surface area contributed by atoms with Crippen molar-refractivity contribution < 1.29 is 0 Å². The Labute approximate surface area is 165 Å². The van der Waals surface area contributed by atoms with Gasteiger partial charge in [0.2, 0.25) is 0 Å². The monoisotopic (exact) mass is 369 g/mol. The van der Waals surface area contributed by atoms with Gasteiger partial charge >= 0.3 is 0 Å². The molecule has 2 bridgehead atoms. The van der Waals surface area contributed by atoms with Crippen LogP contribution in [-0.4, -0.2) is 23.0 Å². The minimum Gasteiger partial charge on any atom is -0.397 e. The molecule has 2 heterocycles. The summed E-state index contributed by atoms with van der Waals surface area (Å²) < 4.78 is 0. The van der Waals surface area contributed by atoms with Crippen molar-refractivity contribution in [2.75, 3.05) is 11.5 Å². The van der Waals surface area contributed by atoms with Gasteiger partial charge in [-0.1, -0.05) is 63.5 Å². The maximum atomic E-state index is 6.35. The van der Waals surface area contributed by atoms with E-state index in [4.69, 9.17) is 11.5 Å². The van der Waals surface area contributed by atoms with Gasteiger partial charge in [0, 0.05) is 18.1 Å². The van der Waals surface area contributed by atoms with Gasteiger partial charge in [-0.15, -0.1) is 0 Å². The zero-order chi connectivity index (χ0) is 18.6. The number of nitrogen functional groups attached to an aromatic ring is 2. The van der Waals surface area contributed by atoms with Gasteiger partial charge in [-0.2, -0.15) is 0 Å². The Kier molecular flexibility index (Phi) is 6.27. The van der Waals surface area contributed by atoms with E-state index in [0.29, 0.717) is 5.92 Å². The van der Waals surface area contributed by atoms with Crippen LogP contribution in [0.2, 0.25) is 0 Å². The molecule has 1 aromatic rings. The smallest absolute Gasteiger partial charge is 0.0583 e. The van der Waals surface area contributed by atoms with Crippen LogP contribution in [0.1, 0.15) is 101 Å². The van der Waals surface area contributed by atoms with Gasteiger partial charge in [0.05, 0.1) is 11.4 Å². The molecule has 0 aromatic heterocycles. The summed E-state index contributed by atoms with van der Waals surface area (Å²) in [7, 11) is 0. The second kappa shape index (κ2) is 8.86. The molecule has 4 N–H and O–H groups in total. The fourth-order valence-electron chi connectivity index (χ4n) is 6.28. The van der Waals surface area contributed by atoms with E-state index in [1.165, 1.54) is 95.5 Å². The molecule has 1 aliphatic carbocycles. The van der Waals surface area contributed by atoms with Crippen molar-refractivity contribution in [2.24, 2.45) is 0 Å². The Morgan fingerprint density at radius 3 is 1.81 bits per heavy atom. The molecule has 1 aromatic carbocycles. The third-order valence-electron chi connectivity index (χ3n) is 7.65. The summed E-state index contributed by atoms with van der Waals surface area (Å²) in [5.41, 5.74) is 15.3. The van der Waals surface area contributed by atoms with Gasteiger partial charge in [-0.25, -0.2) is 0 Å². The molecule has 150 valence electrons. The Balaban J connectivity index is 1.45. The lowest BCUT2D eigenvalue weighted by atomic mass is 9.82. The van der Waals surface area contributed by atoms with Gasteiger partial charge in [-0.05, 0) is 56.1 Å². The lowest BCUT2D eigenvalue weighted by Crippen LogP contribution is -2.48. The third-order valence-corrected chi connectivity index (χ3v) is 7.65. The summed E-state index contributed by atoms with van der Waals surface area (Å²) in [4.78, 5) is 2.98. The van der Waals surface area contributed by atoms with Gasteiger partial charge in [0.15, 0.2) is 0 Å². The molecule has 0 amide bonds. The third kappa shape index (κ3) is 4.29. The molecule has 0 radical (unpaired) electrons. The van der Waals surface area contributed by atoms with Crippen LogP contribution in [0.15, 0.2) is 18.2 Å². The molecule has 2 saturated heterocycles. The Bertz CT molecular complexity index is 588. The van der Waals surface area contributed by atoms with Crippen molar-refractivity contribution in [3.8, 4) is 0 Å². The molecule has 3 aliphatic rings. The van der Waals surface area contributed by atoms with E-state index in [1.807, 2.05) is 6.07 Å². The van der Waals surface area contributed by atoms with Crippen molar-refractivity contribution >= 4 is 11.4 Å². The number of fused-ring (bicyclic) bond motifs is 2. The number of anilines is 2. The Morgan fingerprint density at radius 1 is 0.667 bits per heavy atom. The van der Waals surface area contributed by atoms with E-state index in [1.54, 1.807) is 0 Å². The molecule has 27 heavy (non-hydrogen) atoms. The molecule has 2 aliphatic heterocycles. The fourth-order valence-corrected chi connectivity index (χ4v) is 6.28. The number of nitrogens with zero attached hydrogens (tertiary/aromatic N) is 1. The fraction of sp³-hybridized carbons (Fsp3) is 0.750. The SMILES string of the molecule is Nc1cccc(C2CC3CCC(C2)N3C2CCCCCCCCCC2)c1N. The van der Waals surface area contributed by atoms with Crippen LogP contribution >= 0.6 is 0 Å². The Hall–Kier alpha value is -1.22. The molecule has 3 nitrogen and oxygen atoms in total. The zero-order valence-corrected chi connectivity index (χ0v) is 17.0. The van der Waals surface area contributed by atoms with E-state index in [-0.39, 0.29) is 0 Å². The van der Waals surface area contributed by atoms with Crippen molar-refractivity contribution in [2.45, 2.75) is 114 Å². The van der Waals surface area contributed by atoms with Crippen molar-refractivity contribution in [1.29, 1.82) is 0 Å². The van der Waals surface area contributed by atoms with Gasteiger partial charge < -0.3 is 11.5 Å². The van der Waals surface area contributed by atoms with E-state index in [9.17, 15) is 0 Å². The zero-order valence-electron chi connectivity index (χ0n) is 17.0. The number of nitrogens with two attached hydrogens (primary N) is 2. The molecular weight excluding hydrogens is 330 g/mol. The summed E-state index contributed by atoms with van der Waals surface area (Å²) >= 11 is 0. The highest BCUT2D eigenvalue weighted by molar-refractivity contribution is 5.68. The first-order chi connectivity index (χ1) is 13.2. The van der Waals surface area contributed by atoms with Crippen LogP contribution in [0.4, 0.5) is 11.4 Å². The second-order valence-electron chi connectivity index (χ2n) is 9.41. The molecule has 3 fully saturated rings. The quantitative estimate of drug-likeness (QED) is 0.643. The number of para-hydroxylation sites is 1. The topological polar surface area (TPSA) is 55.3 Å². The average Bonchev–Trinajstić information content (AvgIpc) is 2.91. The van der Waals surface area contributed by atoms with Crippen LogP contribution in [0, 0.1) is 0 Å². The van der Waals surface area contributed by atoms with E-state index in [2.05, 4.69) is 17.0 Å². The summed E-state index contributed by atoms with van der Waals surface area (Å²) in [6, 6.07) is 8.61. The molecule has 1 saturated carbocycles. The van der Waals surface area contributed by atoms with E-state index < -0.39 is 0 Å². The number of benzene rings is 1. The van der Waals surface area contributed by atoms with E-state index >= 15 is 0 Å². The van der Waals surface area contributed by atoms with E-state index in [0.717, 1.165) is 29.5 Å². The minimum absolute atomic E-state index is 0.602. The highest BCUT2D eigenvalue weighted by Gasteiger charge is 2.44. The van der Waals surface area contributed by atoms with Crippen LogP contribution in [0.25, 0.3) is 0 Å². The van der Waals surface area contributed by atoms with Gasteiger partial charge in [-0.3, -0.25) is 4.90 Å². The van der Waals surface area contributed by atoms with Crippen molar-refractivity contribution in [1.82, 2.24) is 4.90 Å². The first-order valence-electron chi connectivity index (χ1n) is 11.7. The van der Waals surface area contributed by atoms with Crippen LogP contribution in [0.5, 0.6) is 0 Å². The normalized spacial score (nSPS) is 31.5. The van der Waals surface area contributed by atoms with Gasteiger partial charge in [0.1, 0.15) is 0 Å². The summed E-state index contributed by atoms with van der Waals surface area (Å²) in [5.74, 6) is 0.602. The van der Waals surface area contributed by atoms with Crippen LogP contribution in [0.3, 0.4) is 0 Å². The first kappa shape index (κ1) is 19.1. The maximum Gasteiger partial charge on any atom is 0.0583 e. The molecule has 2 unspecified atom stereocenters. The predicted octanol–water partition coefficient (Wildman–Crippen LogP) is 5.84. The highest BCUT2D eigenvalue weighted by atomic mass is 15.2. The minimum atomic E-state index is 0.602. The average molecular weight is 370 g/mol. The lowest BCUT2D eigenvalue weighted by molar-refractivity contribution is 0.0645. The van der Waals surface area contributed by atoms with Gasteiger partial charge in [0.25, 0.3) is 0 Å². The number of piperidine rings is 1. The second-order valence-corrected chi connectivity index (χ2v) is 9.41. The number of rotatable bonds is 2. The molecular formula is C24H39N3. The lowest BCUT2D eigenvalue weighted by Gasteiger charge is -2.44. The van der Waals surface area contributed by atoms with Crippen LogP contribution < -0.4 is 11.5 Å².